The first kappa shape index (κ1) is 15.2. The van der Waals surface area contributed by atoms with Gasteiger partial charge in [-0.15, -0.1) is 0 Å². The SMILES string of the molecule is O=S(=O)(NCC1Cc2ccccc2O1)c1ccc2ccccc2c1. The van der Waals surface area contributed by atoms with Gasteiger partial charge >= 0.3 is 0 Å². The van der Waals surface area contributed by atoms with E-state index in [-0.39, 0.29) is 17.5 Å². The summed E-state index contributed by atoms with van der Waals surface area (Å²) in [5.74, 6) is 0.840. The molecular weight excluding hydrogens is 322 g/mol. The van der Waals surface area contributed by atoms with E-state index in [0.717, 1.165) is 28.5 Å². The number of ether oxygens (including phenoxy) is 1. The Morgan fingerprint density at radius 1 is 0.958 bits per heavy atom. The second kappa shape index (κ2) is 5.92. The zero-order valence-corrected chi connectivity index (χ0v) is 13.8. The fourth-order valence-corrected chi connectivity index (χ4v) is 4.09. The Hall–Kier alpha value is -2.37. The van der Waals surface area contributed by atoms with Crippen molar-refractivity contribution in [3.05, 3.63) is 72.3 Å². The lowest BCUT2D eigenvalue weighted by Gasteiger charge is -2.12. The average Bonchev–Trinajstić information content (AvgIpc) is 3.03. The molecule has 1 heterocycles. The number of rotatable bonds is 4. The predicted octanol–water partition coefficient (Wildman–Crippen LogP) is 3.12. The molecule has 122 valence electrons. The molecule has 1 N–H and O–H groups in total. The topological polar surface area (TPSA) is 55.4 Å². The van der Waals surface area contributed by atoms with Crippen LogP contribution in [0.5, 0.6) is 5.75 Å². The van der Waals surface area contributed by atoms with E-state index in [2.05, 4.69) is 4.72 Å². The zero-order chi connectivity index (χ0) is 16.6. The number of benzene rings is 3. The maximum absolute atomic E-state index is 12.5. The van der Waals surface area contributed by atoms with Crippen molar-refractivity contribution in [2.24, 2.45) is 0 Å². The van der Waals surface area contributed by atoms with E-state index >= 15 is 0 Å². The minimum Gasteiger partial charge on any atom is -0.488 e. The molecule has 1 unspecified atom stereocenters. The molecule has 1 aliphatic rings. The van der Waals surface area contributed by atoms with Crippen LogP contribution in [-0.4, -0.2) is 21.1 Å². The van der Waals surface area contributed by atoms with Crippen LogP contribution in [0.3, 0.4) is 0 Å². The highest BCUT2D eigenvalue weighted by molar-refractivity contribution is 7.89. The van der Waals surface area contributed by atoms with Gasteiger partial charge in [0.05, 0.1) is 4.90 Å². The lowest BCUT2D eigenvalue weighted by atomic mass is 10.1. The number of para-hydroxylation sites is 1. The molecule has 3 aromatic rings. The van der Waals surface area contributed by atoms with Crippen LogP contribution in [0.4, 0.5) is 0 Å². The van der Waals surface area contributed by atoms with E-state index in [1.54, 1.807) is 12.1 Å². The van der Waals surface area contributed by atoms with Crippen LogP contribution >= 0.6 is 0 Å². The third-order valence-corrected chi connectivity index (χ3v) is 5.67. The highest BCUT2D eigenvalue weighted by Crippen LogP contribution is 2.28. The van der Waals surface area contributed by atoms with E-state index in [9.17, 15) is 8.42 Å². The molecule has 3 aromatic carbocycles. The van der Waals surface area contributed by atoms with Gasteiger partial charge in [0.25, 0.3) is 0 Å². The van der Waals surface area contributed by atoms with Crippen LogP contribution in [-0.2, 0) is 16.4 Å². The first-order chi connectivity index (χ1) is 11.6. The number of fused-ring (bicyclic) bond motifs is 2. The fraction of sp³-hybridized carbons (Fsp3) is 0.158. The summed E-state index contributed by atoms with van der Waals surface area (Å²) >= 11 is 0. The van der Waals surface area contributed by atoms with Crippen LogP contribution in [0.1, 0.15) is 5.56 Å². The molecule has 24 heavy (non-hydrogen) atoms. The number of hydrogen-bond donors (Lipinski definition) is 1. The molecule has 0 aromatic heterocycles. The Morgan fingerprint density at radius 2 is 1.71 bits per heavy atom. The van der Waals surface area contributed by atoms with Gasteiger partial charge in [-0.3, -0.25) is 0 Å². The van der Waals surface area contributed by atoms with Gasteiger partial charge in [0, 0.05) is 13.0 Å². The molecule has 0 saturated carbocycles. The van der Waals surface area contributed by atoms with Crippen molar-refractivity contribution in [1.82, 2.24) is 4.72 Å². The monoisotopic (exact) mass is 339 g/mol. The minimum atomic E-state index is -3.56. The Balaban J connectivity index is 1.49. The van der Waals surface area contributed by atoms with Crippen molar-refractivity contribution in [3.63, 3.8) is 0 Å². The number of hydrogen-bond acceptors (Lipinski definition) is 3. The predicted molar refractivity (Wildman–Crippen MR) is 93.7 cm³/mol. The van der Waals surface area contributed by atoms with Crippen LogP contribution in [0.2, 0.25) is 0 Å². The summed E-state index contributed by atoms with van der Waals surface area (Å²) in [6.45, 7) is 0.254. The lowest BCUT2D eigenvalue weighted by Crippen LogP contribution is -2.34. The maximum atomic E-state index is 12.5. The normalized spacial score (nSPS) is 16.8. The maximum Gasteiger partial charge on any atom is 0.240 e. The zero-order valence-electron chi connectivity index (χ0n) is 13.0. The first-order valence-electron chi connectivity index (χ1n) is 7.85. The van der Waals surface area contributed by atoms with Gasteiger partial charge in [-0.25, -0.2) is 13.1 Å². The molecule has 1 aliphatic heterocycles. The van der Waals surface area contributed by atoms with Crippen molar-refractivity contribution in [2.75, 3.05) is 6.54 Å². The molecule has 0 aliphatic carbocycles. The van der Waals surface area contributed by atoms with Gasteiger partial charge in [0.2, 0.25) is 10.0 Å². The van der Waals surface area contributed by atoms with Crippen molar-refractivity contribution in [1.29, 1.82) is 0 Å². The molecule has 0 spiro atoms. The Morgan fingerprint density at radius 3 is 2.54 bits per heavy atom. The van der Waals surface area contributed by atoms with Crippen molar-refractivity contribution in [2.45, 2.75) is 17.4 Å². The fourth-order valence-electron chi connectivity index (χ4n) is 2.99. The molecule has 1 atom stereocenters. The lowest BCUT2D eigenvalue weighted by molar-refractivity contribution is 0.236. The summed E-state index contributed by atoms with van der Waals surface area (Å²) in [7, 11) is -3.56. The summed E-state index contributed by atoms with van der Waals surface area (Å²) in [6.07, 6.45) is 0.550. The van der Waals surface area contributed by atoms with Gasteiger partial charge < -0.3 is 4.74 Å². The van der Waals surface area contributed by atoms with Crippen molar-refractivity contribution < 1.29 is 13.2 Å². The standard InChI is InChI=1S/C19H17NO3S/c21-24(22,18-10-9-14-5-1-2-6-15(14)12-18)20-13-17-11-16-7-3-4-8-19(16)23-17/h1-10,12,17,20H,11,13H2. The Kier molecular flexibility index (Phi) is 3.75. The summed E-state index contributed by atoms with van der Waals surface area (Å²) in [4.78, 5) is 0.275. The van der Waals surface area contributed by atoms with E-state index in [1.807, 2.05) is 54.6 Å². The quantitative estimate of drug-likeness (QED) is 0.794. The molecule has 0 amide bonds. The highest BCUT2D eigenvalue weighted by Gasteiger charge is 2.24. The second-order valence-corrected chi connectivity index (χ2v) is 7.68. The van der Waals surface area contributed by atoms with Crippen LogP contribution in [0.15, 0.2) is 71.6 Å². The summed E-state index contributed by atoms with van der Waals surface area (Å²) < 4.78 is 33.5. The molecule has 5 heteroatoms. The van der Waals surface area contributed by atoms with Crippen LogP contribution in [0.25, 0.3) is 10.8 Å². The minimum absolute atomic E-state index is 0.169. The van der Waals surface area contributed by atoms with Crippen molar-refractivity contribution >= 4 is 20.8 Å². The van der Waals surface area contributed by atoms with Gasteiger partial charge in [0.1, 0.15) is 11.9 Å². The van der Waals surface area contributed by atoms with E-state index in [1.165, 1.54) is 0 Å². The van der Waals surface area contributed by atoms with Gasteiger partial charge in [0.15, 0.2) is 0 Å². The largest absolute Gasteiger partial charge is 0.488 e. The third kappa shape index (κ3) is 2.88. The summed E-state index contributed by atoms with van der Waals surface area (Å²) in [6, 6.07) is 20.7. The van der Waals surface area contributed by atoms with Gasteiger partial charge in [-0.2, -0.15) is 0 Å². The molecule has 4 nitrogen and oxygen atoms in total. The van der Waals surface area contributed by atoms with E-state index < -0.39 is 10.0 Å². The molecule has 0 bridgehead atoms. The number of sulfonamides is 1. The molecule has 0 saturated heterocycles. The van der Waals surface area contributed by atoms with E-state index in [4.69, 9.17) is 4.74 Å². The average molecular weight is 339 g/mol. The van der Waals surface area contributed by atoms with Gasteiger partial charge in [-0.1, -0.05) is 48.5 Å². The smallest absolute Gasteiger partial charge is 0.240 e. The third-order valence-electron chi connectivity index (χ3n) is 4.25. The number of nitrogens with one attached hydrogen (secondary N) is 1. The summed E-state index contributed by atoms with van der Waals surface area (Å²) in [5, 5.41) is 1.93. The Bertz CT molecular complexity index is 973. The van der Waals surface area contributed by atoms with Gasteiger partial charge in [-0.05, 0) is 34.5 Å². The van der Waals surface area contributed by atoms with Crippen LogP contribution in [0, 0.1) is 0 Å². The Labute approximate surface area is 141 Å². The molecule has 4 rings (SSSR count). The van der Waals surface area contributed by atoms with Crippen molar-refractivity contribution in [3.8, 4) is 5.75 Å². The van der Waals surface area contributed by atoms with Crippen LogP contribution < -0.4 is 9.46 Å². The molecule has 0 fully saturated rings. The van der Waals surface area contributed by atoms with E-state index in [0.29, 0.717) is 0 Å². The molecular formula is C19H17NO3S. The molecule has 0 radical (unpaired) electrons. The highest BCUT2D eigenvalue weighted by atomic mass is 32.2. The summed E-state index contributed by atoms with van der Waals surface area (Å²) in [5.41, 5.74) is 1.12. The first-order valence-corrected chi connectivity index (χ1v) is 9.33. The second-order valence-electron chi connectivity index (χ2n) is 5.91.